The van der Waals surface area contributed by atoms with E-state index in [1.54, 1.807) is 4.90 Å². The molecule has 2 amide bonds. The number of rotatable bonds is 1. The van der Waals surface area contributed by atoms with E-state index in [1.165, 1.54) is 12.1 Å². The number of urea groups is 1. The quantitative estimate of drug-likeness (QED) is 0.511. The number of aromatic nitrogens is 1. The standard InChI is InChI=1S/C20H17ClF3N3O/c1-11-9-27(10-17-18(11)15-8-13(21)4-7-16(15)26-17)19(28)25-14-5-2-12(3-6-14)20(22,23)24/h2-8,11,26H,9-10H2,1H3,(H,25,28). The Labute approximate surface area is 164 Å². The molecule has 2 N–H and O–H groups in total. The fourth-order valence-electron chi connectivity index (χ4n) is 3.71. The second kappa shape index (κ2) is 6.74. The molecule has 0 aliphatic carbocycles. The van der Waals surface area contributed by atoms with Crippen molar-refractivity contribution in [3.8, 4) is 0 Å². The molecule has 4 nitrogen and oxygen atoms in total. The summed E-state index contributed by atoms with van der Waals surface area (Å²) in [6.07, 6.45) is -4.40. The largest absolute Gasteiger partial charge is 0.416 e. The molecule has 2 heterocycles. The van der Waals surface area contributed by atoms with Gasteiger partial charge in [0.15, 0.2) is 0 Å². The maximum atomic E-state index is 12.7. The molecule has 4 rings (SSSR count). The van der Waals surface area contributed by atoms with E-state index in [4.69, 9.17) is 11.6 Å². The summed E-state index contributed by atoms with van der Waals surface area (Å²) in [6, 6.07) is 9.70. The molecule has 28 heavy (non-hydrogen) atoms. The number of aromatic amines is 1. The summed E-state index contributed by atoms with van der Waals surface area (Å²) in [5, 5.41) is 4.38. The van der Waals surface area contributed by atoms with Gasteiger partial charge in [-0.15, -0.1) is 0 Å². The minimum Gasteiger partial charge on any atom is -0.357 e. The molecule has 0 radical (unpaired) electrons. The molecule has 0 spiro atoms. The molecule has 1 unspecified atom stereocenters. The van der Waals surface area contributed by atoms with E-state index in [9.17, 15) is 18.0 Å². The molecular formula is C20H17ClF3N3O. The molecule has 1 aliphatic heterocycles. The van der Waals surface area contributed by atoms with Gasteiger partial charge in [-0.05, 0) is 48.0 Å². The summed E-state index contributed by atoms with van der Waals surface area (Å²) < 4.78 is 38.0. The number of amides is 2. The van der Waals surface area contributed by atoms with Crippen molar-refractivity contribution in [2.45, 2.75) is 25.6 Å². The van der Waals surface area contributed by atoms with Gasteiger partial charge in [0.1, 0.15) is 0 Å². The summed E-state index contributed by atoms with van der Waals surface area (Å²) in [5.74, 6) is 0.0920. The first kappa shape index (κ1) is 18.7. The molecule has 0 fully saturated rings. The highest BCUT2D eigenvalue weighted by molar-refractivity contribution is 6.31. The maximum absolute atomic E-state index is 12.7. The summed E-state index contributed by atoms with van der Waals surface area (Å²) >= 11 is 6.12. The third-order valence-corrected chi connectivity index (χ3v) is 5.20. The van der Waals surface area contributed by atoms with E-state index < -0.39 is 11.7 Å². The summed E-state index contributed by atoms with van der Waals surface area (Å²) in [6.45, 7) is 2.92. The Morgan fingerprint density at radius 2 is 1.93 bits per heavy atom. The van der Waals surface area contributed by atoms with Crippen LogP contribution in [0.2, 0.25) is 5.02 Å². The Bertz CT molecular complexity index is 1040. The molecule has 0 bridgehead atoms. The zero-order valence-corrected chi connectivity index (χ0v) is 15.7. The molecule has 146 valence electrons. The average molecular weight is 408 g/mol. The van der Waals surface area contributed by atoms with Crippen LogP contribution in [0.1, 0.15) is 29.7 Å². The lowest BCUT2D eigenvalue weighted by atomic mass is 9.93. The van der Waals surface area contributed by atoms with Crippen LogP contribution in [-0.4, -0.2) is 22.5 Å². The maximum Gasteiger partial charge on any atom is 0.416 e. The first-order valence-corrected chi connectivity index (χ1v) is 9.13. The lowest BCUT2D eigenvalue weighted by Gasteiger charge is -2.31. The van der Waals surface area contributed by atoms with Crippen molar-refractivity contribution in [2.24, 2.45) is 0 Å². The predicted molar refractivity (Wildman–Crippen MR) is 103 cm³/mol. The van der Waals surface area contributed by atoms with Crippen molar-refractivity contribution in [3.05, 3.63) is 64.3 Å². The number of carbonyl (C=O) groups excluding carboxylic acids is 1. The SMILES string of the molecule is CC1CN(C(=O)Nc2ccc(C(F)(F)F)cc2)Cc2[nH]c3ccc(Cl)cc3c21. The monoisotopic (exact) mass is 407 g/mol. The van der Waals surface area contributed by atoms with Crippen LogP contribution in [0.15, 0.2) is 42.5 Å². The van der Waals surface area contributed by atoms with Crippen LogP contribution < -0.4 is 5.32 Å². The zero-order valence-electron chi connectivity index (χ0n) is 14.9. The van der Waals surface area contributed by atoms with Crippen molar-refractivity contribution in [1.82, 2.24) is 9.88 Å². The third kappa shape index (κ3) is 3.42. The van der Waals surface area contributed by atoms with Gasteiger partial charge >= 0.3 is 12.2 Å². The number of nitrogens with zero attached hydrogens (tertiary/aromatic N) is 1. The minimum atomic E-state index is -4.40. The van der Waals surface area contributed by atoms with Crippen LogP contribution in [-0.2, 0) is 12.7 Å². The minimum absolute atomic E-state index is 0.0920. The second-order valence-corrected chi connectivity index (χ2v) is 7.43. The lowest BCUT2D eigenvalue weighted by Crippen LogP contribution is -2.40. The molecule has 1 atom stereocenters. The van der Waals surface area contributed by atoms with Gasteiger partial charge in [-0.2, -0.15) is 13.2 Å². The lowest BCUT2D eigenvalue weighted by molar-refractivity contribution is -0.137. The van der Waals surface area contributed by atoms with Gasteiger partial charge in [-0.3, -0.25) is 0 Å². The van der Waals surface area contributed by atoms with Crippen molar-refractivity contribution in [1.29, 1.82) is 0 Å². The van der Waals surface area contributed by atoms with Gasteiger partial charge in [-0.25, -0.2) is 4.79 Å². The Morgan fingerprint density at radius 3 is 2.61 bits per heavy atom. The normalized spacial score (nSPS) is 16.9. The first-order chi connectivity index (χ1) is 13.2. The van der Waals surface area contributed by atoms with Gasteiger partial charge in [0.2, 0.25) is 0 Å². The van der Waals surface area contributed by atoms with Crippen LogP contribution in [0.3, 0.4) is 0 Å². The van der Waals surface area contributed by atoms with Crippen molar-refractivity contribution < 1.29 is 18.0 Å². The van der Waals surface area contributed by atoms with E-state index in [0.717, 1.165) is 34.3 Å². The smallest absolute Gasteiger partial charge is 0.357 e. The number of hydrogen-bond donors (Lipinski definition) is 2. The number of benzene rings is 2. The van der Waals surface area contributed by atoms with E-state index >= 15 is 0 Å². The molecule has 2 aromatic carbocycles. The Kier molecular flexibility index (Phi) is 4.50. The highest BCUT2D eigenvalue weighted by Gasteiger charge is 2.31. The number of alkyl halides is 3. The Hall–Kier alpha value is -2.67. The number of halogens is 4. The van der Waals surface area contributed by atoms with Crippen molar-refractivity contribution >= 4 is 34.2 Å². The Morgan fingerprint density at radius 1 is 1.21 bits per heavy atom. The molecule has 1 aliphatic rings. The number of hydrogen-bond acceptors (Lipinski definition) is 1. The van der Waals surface area contributed by atoms with E-state index in [2.05, 4.69) is 10.3 Å². The number of nitrogens with one attached hydrogen (secondary N) is 2. The van der Waals surface area contributed by atoms with Crippen LogP contribution in [0.25, 0.3) is 10.9 Å². The Balaban J connectivity index is 1.53. The van der Waals surface area contributed by atoms with Gasteiger partial charge in [0.25, 0.3) is 0 Å². The average Bonchev–Trinajstić information content (AvgIpc) is 2.99. The molecule has 0 saturated heterocycles. The second-order valence-electron chi connectivity index (χ2n) is 6.99. The highest BCUT2D eigenvalue weighted by Crippen LogP contribution is 2.36. The number of carbonyl (C=O) groups is 1. The fourth-order valence-corrected chi connectivity index (χ4v) is 3.88. The van der Waals surface area contributed by atoms with Crippen LogP contribution in [0, 0.1) is 0 Å². The first-order valence-electron chi connectivity index (χ1n) is 8.75. The van der Waals surface area contributed by atoms with Gasteiger partial charge in [0, 0.05) is 39.8 Å². The van der Waals surface area contributed by atoms with Gasteiger partial charge in [-0.1, -0.05) is 18.5 Å². The predicted octanol–water partition coefficient (Wildman–Crippen LogP) is 5.99. The van der Waals surface area contributed by atoms with Crippen molar-refractivity contribution in [2.75, 3.05) is 11.9 Å². The molecule has 0 saturated carbocycles. The summed E-state index contributed by atoms with van der Waals surface area (Å²) in [7, 11) is 0. The number of fused-ring (bicyclic) bond motifs is 3. The van der Waals surface area contributed by atoms with E-state index in [0.29, 0.717) is 23.8 Å². The highest BCUT2D eigenvalue weighted by atomic mass is 35.5. The third-order valence-electron chi connectivity index (χ3n) is 4.97. The van der Waals surface area contributed by atoms with Crippen molar-refractivity contribution in [3.63, 3.8) is 0 Å². The topological polar surface area (TPSA) is 48.1 Å². The molecule has 3 aromatic rings. The van der Waals surface area contributed by atoms with Crippen LogP contribution >= 0.6 is 11.6 Å². The summed E-state index contributed by atoms with van der Waals surface area (Å²) in [5.41, 5.74) is 2.62. The fraction of sp³-hybridized carbons (Fsp3) is 0.250. The summed E-state index contributed by atoms with van der Waals surface area (Å²) in [4.78, 5) is 17.6. The van der Waals surface area contributed by atoms with E-state index in [-0.39, 0.29) is 11.9 Å². The van der Waals surface area contributed by atoms with Crippen LogP contribution in [0.5, 0.6) is 0 Å². The van der Waals surface area contributed by atoms with Gasteiger partial charge in [0.05, 0.1) is 12.1 Å². The zero-order chi connectivity index (χ0) is 20.1. The molecular weight excluding hydrogens is 391 g/mol. The number of anilines is 1. The van der Waals surface area contributed by atoms with Crippen LogP contribution in [0.4, 0.5) is 23.7 Å². The van der Waals surface area contributed by atoms with E-state index in [1.807, 2.05) is 25.1 Å². The van der Waals surface area contributed by atoms with Gasteiger partial charge < -0.3 is 15.2 Å². The molecule has 8 heteroatoms. The molecule has 1 aromatic heterocycles. The number of H-pyrrole nitrogens is 1.